The molecule has 1 N–H and O–H groups in total. The highest BCUT2D eigenvalue weighted by Gasteiger charge is 2.15. The Morgan fingerprint density at radius 1 is 1.27 bits per heavy atom. The zero-order valence-electron chi connectivity index (χ0n) is 21.5. The molecule has 0 unspecified atom stereocenters. The molecule has 0 radical (unpaired) electrons. The molecule has 0 fully saturated rings. The van der Waals surface area contributed by atoms with Crippen LogP contribution in [0.3, 0.4) is 0 Å². The van der Waals surface area contributed by atoms with Crippen molar-refractivity contribution in [1.82, 2.24) is 14.8 Å². The number of thioether (sulfide) groups is 1. The average molecular weight is 608 g/mol. The Bertz CT molecular complexity index is 1250. The maximum Gasteiger partial charge on any atom is 0.234 e. The molecule has 198 valence electrons. The molecule has 0 spiro atoms. The van der Waals surface area contributed by atoms with Crippen molar-refractivity contribution in [1.29, 1.82) is 0 Å². The summed E-state index contributed by atoms with van der Waals surface area (Å²) < 4.78 is 14.3. The molecule has 0 saturated carbocycles. The first-order valence-corrected chi connectivity index (χ1v) is 14.1. The number of ether oxygens (including phenoxy) is 2. The third-order valence-corrected chi connectivity index (χ3v) is 7.54. The van der Waals surface area contributed by atoms with E-state index in [1.807, 2.05) is 11.5 Å². The summed E-state index contributed by atoms with van der Waals surface area (Å²) in [5.41, 5.74) is 2.93. The number of anilines is 1. The molecule has 0 bridgehead atoms. The second kappa shape index (κ2) is 13.9. The smallest absolute Gasteiger partial charge is 0.234 e. The lowest BCUT2D eigenvalue weighted by molar-refractivity contribution is -0.113. The third-order valence-electron chi connectivity index (χ3n) is 5.59. The molecule has 3 aromatic rings. The standard InChI is InChI=1S/C27H32BrClN4O3S/c1-6-11-33-25(8-7-12-36-24-15-20(17(2)3)21(28)13-18(24)4)31-32-27(33)37-16-26(34)30-19-9-10-23(35-5)22(29)14-19/h6,9-10,13-15,17H,1,7-8,11-12,16H2,2-5H3,(H,30,34). The van der Waals surface area contributed by atoms with Crippen molar-refractivity contribution in [3.05, 3.63) is 69.4 Å². The predicted octanol–water partition coefficient (Wildman–Crippen LogP) is 7.06. The number of hydrogen-bond donors (Lipinski definition) is 1. The van der Waals surface area contributed by atoms with Gasteiger partial charge < -0.3 is 19.4 Å². The molecule has 1 heterocycles. The van der Waals surface area contributed by atoms with Crippen LogP contribution < -0.4 is 14.8 Å². The summed E-state index contributed by atoms with van der Waals surface area (Å²) in [6.45, 7) is 11.4. The molecule has 37 heavy (non-hydrogen) atoms. The van der Waals surface area contributed by atoms with Gasteiger partial charge in [0.25, 0.3) is 0 Å². The number of aryl methyl sites for hydroxylation is 2. The van der Waals surface area contributed by atoms with Crippen molar-refractivity contribution in [2.75, 3.05) is 24.8 Å². The van der Waals surface area contributed by atoms with Gasteiger partial charge in [0.15, 0.2) is 5.16 Å². The van der Waals surface area contributed by atoms with Crippen LogP contribution in [0, 0.1) is 6.92 Å². The quantitative estimate of drug-likeness (QED) is 0.127. The van der Waals surface area contributed by atoms with Crippen LogP contribution in [-0.4, -0.2) is 40.1 Å². The molecular formula is C27H32BrClN4O3S. The Labute approximate surface area is 236 Å². The van der Waals surface area contributed by atoms with E-state index in [1.165, 1.54) is 17.3 Å². The van der Waals surface area contributed by atoms with Gasteiger partial charge in [-0.25, -0.2) is 0 Å². The number of carbonyl (C=O) groups is 1. The average Bonchev–Trinajstić information content (AvgIpc) is 3.23. The number of benzene rings is 2. The van der Waals surface area contributed by atoms with Crippen LogP contribution in [0.15, 0.2) is 52.6 Å². The van der Waals surface area contributed by atoms with Crippen molar-refractivity contribution in [2.45, 2.75) is 51.2 Å². The highest BCUT2D eigenvalue weighted by molar-refractivity contribution is 9.10. The lowest BCUT2D eigenvalue weighted by Gasteiger charge is -2.15. The summed E-state index contributed by atoms with van der Waals surface area (Å²) in [6.07, 6.45) is 3.28. The molecule has 1 amide bonds. The molecule has 0 aliphatic heterocycles. The highest BCUT2D eigenvalue weighted by atomic mass is 79.9. The minimum absolute atomic E-state index is 0.167. The molecule has 2 aromatic carbocycles. The summed E-state index contributed by atoms with van der Waals surface area (Å²) in [5.74, 6) is 2.71. The van der Waals surface area contributed by atoms with Crippen molar-refractivity contribution >= 4 is 50.9 Å². The van der Waals surface area contributed by atoms with E-state index in [0.29, 0.717) is 47.1 Å². The first-order chi connectivity index (χ1) is 17.7. The van der Waals surface area contributed by atoms with E-state index in [9.17, 15) is 4.79 Å². The number of amides is 1. The van der Waals surface area contributed by atoms with Crippen LogP contribution in [0.1, 0.15) is 43.1 Å². The van der Waals surface area contributed by atoms with Crippen LogP contribution in [0.4, 0.5) is 5.69 Å². The monoisotopic (exact) mass is 606 g/mol. The summed E-state index contributed by atoms with van der Waals surface area (Å²) in [6, 6.07) is 9.33. The van der Waals surface area contributed by atoms with E-state index in [1.54, 1.807) is 31.4 Å². The third kappa shape index (κ3) is 7.99. The van der Waals surface area contributed by atoms with Gasteiger partial charge in [0.2, 0.25) is 5.91 Å². The lowest BCUT2D eigenvalue weighted by atomic mass is 10.0. The fourth-order valence-corrected chi connectivity index (χ4v) is 5.61. The van der Waals surface area contributed by atoms with Gasteiger partial charge in [-0.1, -0.05) is 59.2 Å². The van der Waals surface area contributed by atoms with Gasteiger partial charge in [-0.3, -0.25) is 4.79 Å². The molecular weight excluding hydrogens is 576 g/mol. The van der Waals surface area contributed by atoms with E-state index >= 15 is 0 Å². The number of halogens is 2. The number of nitrogens with one attached hydrogen (secondary N) is 1. The molecule has 0 saturated heterocycles. The molecule has 0 aliphatic rings. The van der Waals surface area contributed by atoms with Gasteiger partial charge in [-0.05, 0) is 60.7 Å². The summed E-state index contributed by atoms with van der Waals surface area (Å²) in [4.78, 5) is 12.5. The van der Waals surface area contributed by atoms with Crippen molar-refractivity contribution in [3.8, 4) is 11.5 Å². The largest absolute Gasteiger partial charge is 0.495 e. The van der Waals surface area contributed by atoms with Crippen LogP contribution >= 0.6 is 39.3 Å². The second-order valence-electron chi connectivity index (χ2n) is 8.73. The van der Waals surface area contributed by atoms with Crippen molar-refractivity contribution in [3.63, 3.8) is 0 Å². The molecule has 3 rings (SSSR count). The number of methoxy groups -OCH3 is 1. The normalized spacial score (nSPS) is 11.0. The first kappa shape index (κ1) is 29.1. The Kier molecular flexibility index (Phi) is 10.9. The molecule has 10 heteroatoms. The molecule has 1 aromatic heterocycles. The number of allylic oxidation sites excluding steroid dienone is 1. The van der Waals surface area contributed by atoms with Crippen molar-refractivity contribution < 1.29 is 14.3 Å². The maximum absolute atomic E-state index is 12.5. The van der Waals surface area contributed by atoms with Gasteiger partial charge >= 0.3 is 0 Å². The minimum Gasteiger partial charge on any atom is -0.495 e. The van der Waals surface area contributed by atoms with E-state index in [2.05, 4.69) is 64.0 Å². The number of hydrogen-bond acceptors (Lipinski definition) is 6. The Morgan fingerprint density at radius 3 is 2.73 bits per heavy atom. The van der Waals surface area contributed by atoms with Crippen LogP contribution in [0.2, 0.25) is 5.02 Å². The van der Waals surface area contributed by atoms with Crippen LogP contribution in [0.25, 0.3) is 0 Å². The van der Waals surface area contributed by atoms with E-state index in [4.69, 9.17) is 21.1 Å². The zero-order chi connectivity index (χ0) is 26.9. The SMILES string of the molecule is C=CCn1c(CCCOc2cc(C(C)C)c(Br)cc2C)nnc1SCC(=O)Nc1ccc(OC)c(Cl)c1. The summed E-state index contributed by atoms with van der Waals surface area (Å²) >= 11 is 11.1. The van der Waals surface area contributed by atoms with Gasteiger partial charge in [-0.15, -0.1) is 16.8 Å². The predicted molar refractivity (Wildman–Crippen MR) is 154 cm³/mol. The zero-order valence-corrected chi connectivity index (χ0v) is 24.7. The minimum atomic E-state index is -0.167. The van der Waals surface area contributed by atoms with Crippen LogP contribution in [0.5, 0.6) is 11.5 Å². The Balaban J connectivity index is 1.55. The second-order valence-corrected chi connectivity index (χ2v) is 10.9. The van der Waals surface area contributed by atoms with Gasteiger partial charge in [-0.2, -0.15) is 0 Å². The summed E-state index contributed by atoms with van der Waals surface area (Å²) in [5, 5.41) is 12.6. The van der Waals surface area contributed by atoms with Gasteiger partial charge in [0, 0.05) is 23.1 Å². The summed E-state index contributed by atoms with van der Waals surface area (Å²) in [7, 11) is 1.54. The number of rotatable bonds is 13. The maximum atomic E-state index is 12.5. The van der Waals surface area contributed by atoms with Crippen LogP contribution in [-0.2, 0) is 17.8 Å². The number of carbonyl (C=O) groups excluding carboxylic acids is 1. The Hall–Kier alpha value is -2.49. The van der Waals surface area contributed by atoms with Crippen molar-refractivity contribution in [2.24, 2.45) is 0 Å². The van der Waals surface area contributed by atoms with E-state index < -0.39 is 0 Å². The molecule has 0 atom stereocenters. The lowest BCUT2D eigenvalue weighted by Crippen LogP contribution is -2.15. The van der Waals surface area contributed by atoms with E-state index in [0.717, 1.165) is 28.0 Å². The number of aromatic nitrogens is 3. The fraction of sp³-hybridized carbons (Fsp3) is 0.370. The van der Waals surface area contributed by atoms with Gasteiger partial charge in [0.05, 0.1) is 24.5 Å². The molecule has 7 nitrogen and oxygen atoms in total. The first-order valence-electron chi connectivity index (χ1n) is 12.0. The highest BCUT2D eigenvalue weighted by Crippen LogP contribution is 2.32. The van der Waals surface area contributed by atoms with E-state index in [-0.39, 0.29) is 11.7 Å². The Morgan fingerprint density at radius 2 is 2.05 bits per heavy atom. The molecule has 0 aliphatic carbocycles. The topological polar surface area (TPSA) is 78.3 Å². The van der Waals surface area contributed by atoms with Gasteiger partial charge in [0.1, 0.15) is 17.3 Å². The fourth-order valence-electron chi connectivity index (χ4n) is 3.67. The number of nitrogens with zero attached hydrogens (tertiary/aromatic N) is 3.